The lowest BCUT2D eigenvalue weighted by Crippen LogP contribution is -2.48. The summed E-state index contributed by atoms with van der Waals surface area (Å²) >= 11 is 0. The van der Waals surface area contributed by atoms with Crippen LogP contribution in [0.3, 0.4) is 0 Å². The first-order chi connectivity index (χ1) is 7.22. The van der Waals surface area contributed by atoms with E-state index < -0.39 is 0 Å². The molecule has 1 atom stereocenters. The summed E-state index contributed by atoms with van der Waals surface area (Å²) < 4.78 is 0. The minimum Gasteiger partial charge on any atom is -0.330 e. The lowest BCUT2D eigenvalue weighted by Gasteiger charge is -2.41. The second kappa shape index (κ2) is 4.33. The largest absolute Gasteiger partial charge is 0.330 e. The Morgan fingerprint density at radius 2 is 2.07 bits per heavy atom. The molecule has 15 heavy (non-hydrogen) atoms. The topological polar surface area (TPSA) is 29.3 Å². The summed E-state index contributed by atoms with van der Waals surface area (Å²) in [5, 5.41) is 0. The van der Waals surface area contributed by atoms with Gasteiger partial charge in [-0.1, -0.05) is 24.3 Å². The maximum Gasteiger partial charge on any atom is 0.00253 e. The first-order valence-electron chi connectivity index (χ1n) is 5.66. The Labute approximate surface area is 92.1 Å². The number of hydrogen-bond donors (Lipinski definition) is 1. The Morgan fingerprint density at radius 3 is 2.60 bits per heavy atom. The molecule has 1 saturated heterocycles. The van der Waals surface area contributed by atoms with Crippen LogP contribution in [0.5, 0.6) is 0 Å². The van der Waals surface area contributed by atoms with E-state index in [0.29, 0.717) is 5.92 Å². The number of nitrogens with two attached hydrogens (primary N) is 1. The molecule has 1 unspecified atom stereocenters. The third-order valence-electron chi connectivity index (χ3n) is 3.50. The molecule has 0 saturated carbocycles. The van der Waals surface area contributed by atoms with Crippen molar-refractivity contribution in [3.8, 4) is 0 Å². The van der Waals surface area contributed by atoms with Gasteiger partial charge in [-0.2, -0.15) is 0 Å². The van der Waals surface area contributed by atoms with E-state index in [9.17, 15) is 0 Å². The van der Waals surface area contributed by atoms with E-state index in [2.05, 4.69) is 43.1 Å². The molecule has 1 aromatic rings. The fraction of sp³-hybridized carbons (Fsp3) is 0.538. The second-order valence-electron chi connectivity index (χ2n) is 4.68. The summed E-state index contributed by atoms with van der Waals surface area (Å²) in [4.78, 5) is 2.35. The van der Waals surface area contributed by atoms with Gasteiger partial charge in [0.2, 0.25) is 0 Å². The predicted molar refractivity (Wildman–Crippen MR) is 64.0 cm³/mol. The van der Waals surface area contributed by atoms with Gasteiger partial charge in [-0.05, 0) is 37.6 Å². The highest BCUT2D eigenvalue weighted by Gasteiger charge is 2.31. The van der Waals surface area contributed by atoms with Crippen LogP contribution in [0, 0.1) is 12.8 Å². The highest BCUT2D eigenvalue weighted by atomic mass is 15.2. The van der Waals surface area contributed by atoms with E-state index in [1.165, 1.54) is 24.2 Å². The molecule has 2 nitrogen and oxygen atoms in total. The van der Waals surface area contributed by atoms with Gasteiger partial charge < -0.3 is 10.6 Å². The average Bonchev–Trinajstić information content (AvgIpc) is 2.19. The van der Waals surface area contributed by atoms with E-state index in [1.807, 2.05) is 0 Å². The van der Waals surface area contributed by atoms with Crippen LogP contribution in [0.2, 0.25) is 0 Å². The molecule has 2 heteroatoms. The van der Waals surface area contributed by atoms with Crippen molar-refractivity contribution in [3.05, 3.63) is 35.4 Å². The fourth-order valence-electron chi connectivity index (χ4n) is 2.58. The Bertz CT molecular complexity index is 329. The third kappa shape index (κ3) is 2.06. The van der Waals surface area contributed by atoms with Gasteiger partial charge in [-0.15, -0.1) is 0 Å². The number of benzene rings is 1. The van der Waals surface area contributed by atoms with Crippen LogP contribution in [-0.4, -0.2) is 31.6 Å². The maximum atomic E-state index is 5.91. The quantitative estimate of drug-likeness (QED) is 0.810. The van der Waals surface area contributed by atoms with Gasteiger partial charge in [0.05, 0.1) is 0 Å². The van der Waals surface area contributed by atoms with Crippen LogP contribution in [0.4, 0.5) is 0 Å². The molecule has 0 aliphatic carbocycles. The molecule has 0 spiro atoms. The summed E-state index contributed by atoms with van der Waals surface area (Å²) in [7, 11) is 2.17. The number of hydrogen-bond acceptors (Lipinski definition) is 2. The van der Waals surface area contributed by atoms with E-state index in [1.54, 1.807) is 0 Å². The van der Waals surface area contributed by atoms with Crippen molar-refractivity contribution in [2.75, 3.05) is 26.7 Å². The van der Waals surface area contributed by atoms with E-state index >= 15 is 0 Å². The van der Waals surface area contributed by atoms with Crippen molar-refractivity contribution in [2.45, 2.75) is 12.8 Å². The molecule has 0 bridgehead atoms. The zero-order valence-electron chi connectivity index (χ0n) is 9.61. The summed E-state index contributed by atoms with van der Waals surface area (Å²) in [5.41, 5.74) is 8.73. The zero-order chi connectivity index (χ0) is 10.8. The molecule has 2 N–H and O–H groups in total. The maximum absolute atomic E-state index is 5.91. The van der Waals surface area contributed by atoms with E-state index in [4.69, 9.17) is 5.73 Å². The van der Waals surface area contributed by atoms with Crippen molar-refractivity contribution in [2.24, 2.45) is 11.7 Å². The van der Waals surface area contributed by atoms with Crippen molar-refractivity contribution < 1.29 is 0 Å². The third-order valence-corrected chi connectivity index (χ3v) is 3.50. The first kappa shape index (κ1) is 10.7. The molecule has 82 valence electrons. The molecule has 0 amide bonds. The summed E-state index contributed by atoms with van der Waals surface area (Å²) in [5.74, 6) is 1.29. The zero-order valence-corrected chi connectivity index (χ0v) is 9.61. The van der Waals surface area contributed by atoms with E-state index in [0.717, 1.165) is 12.5 Å². The molecule has 2 rings (SSSR count). The molecule has 1 aliphatic heterocycles. The van der Waals surface area contributed by atoms with Crippen LogP contribution in [0.1, 0.15) is 17.0 Å². The summed E-state index contributed by atoms with van der Waals surface area (Å²) in [6.07, 6.45) is 0. The van der Waals surface area contributed by atoms with Crippen molar-refractivity contribution in [1.29, 1.82) is 0 Å². The number of aryl methyl sites for hydroxylation is 1. The fourth-order valence-corrected chi connectivity index (χ4v) is 2.58. The molecular weight excluding hydrogens is 184 g/mol. The van der Waals surface area contributed by atoms with Gasteiger partial charge in [0.25, 0.3) is 0 Å². The number of nitrogens with zero attached hydrogens (tertiary/aromatic N) is 1. The van der Waals surface area contributed by atoms with Crippen LogP contribution < -0.4 is 5.73 Å². The Balaban J connectivity index is 2.16. The first-order valence-corrected chi connectivity index (χ1v) is 5.66. The van der Waals surface area contributed by atoms with Gasteiger partial charge in [0, 0.05) is 19.0 Å². The van der Waals surface area contributed by atoms with Gasteiger partial charge >= 0.3 is 0 Å². The van der Waals surface area contributed by atoms with Crippen LogP contribution in [0.15, 0.2) is 24.3 Å². The standard InChI is InChI=1S/C13H20N2/c1-10-5-3-4-6-12(10)13(7-14)11-8-15(2)9-11/h3-6,11,13H,7-9,14H2,1-2H3. The second-order valence-corrected chi connectivity index (χ2v) is 4.68. The average molecular weight is 204 g/mol. The van der Waals surface area contributed by atoms with Crippen molar-refractivity contribution >= 4 is 0 Å². The highest BCUT2D eigenvalue weighted by molar-refractivity contribution is 5.30. The molecule has 0 aromatic heterocycles. The lowest BCUT2D eigenvalue weighted by molar-refractivity contribution is 0.112. The van der Waals surface area contributed by atoms with Crippen molar-refractivity contribution in [3.63, 3.8) is 0 Å². The predicted octanol–water partition coefficient (Wildman–Crippen LogP) is 1.60. The van der Waals surface area contributed by atoms with Gasteiger partial charge in [-0.3, -0.25) is 0 Å². The highest BCUT2D eigenvalue weighted by Crippen LogP contribution is 2.31. The van der Waals surface area contributed by atoms with Crippen LogP contribution >= 0.6 is 0 Å². The van der Waals surface area contributed by atoms with Crippen LogP contribution in [-0.2, 0) is 0 Å². The molecular formula is C13H20N2. The SMILES string of the molecule is Cc1ccccc1C(CN)C1CN(C)C1. The minimum atomic E-state index is 0.544. The minimum absolute atomic E-state index is 0.544. The Hall–Kier alpha value is -0.860. The van der Waals surface area contributed by atoms with Crippen molar-refractivity contribution in [1.82, 2.24) is 4.90 Å². The van der Waals surface area contributed by atoms with E-state index in [-0.39, 0.29) is 0 Å². The molecule has 0 radical (unpaired) electrons. The molecule has 1 aliphatic rings. The monoisotopic (exact) mass is 204 g/mol. The summed E-state index contributed by atoms with van der Waals surface area (Å²) in [6.45, 7) is 5.33. The molecule has 1 fully saturated rings. The Morgan fingerprint density at radius 1 is 1.40 bits per heavy atom. The Kier molecular flexibility index (Phi) is 3.08. The normalized spacial score (nSPS) is 19.9. The summed E-state index contributed by atoms with van der Waals surface area (Å²) in [6, 6.07) is 8.62. The molecule has 1 heterocycles. The number of likely N-dealkylation sites (tertiary alicyclic amines) is 1. The van der Waals surface area contributed by atoms with Crippen LogP contribution in [0.25, 0.3) is 0 Å². The van der Waals surface area contributed by atoms with Gasteiger partial charge in [-0.25, -0.2) is 0 Å². The van der Waals surface area contributed by atoms with Gasteiger partial charge in [0.1, 0.15) is 0 Å². The molecule has 1 aromatic carbocycles. The number of rotatable bonds is 3. The lowest BCUT2D eigenvalue weighted by atomic mass is 9.80. The van der Waals surface area contributed by atoms with Gasteiger partial charge in [0.15, 0.2) is 0 Å². The smallest absolute Gasteiger partial charge is 0.00253 e.